The van der Waals surface area contributed by atoms with Crippen molar-refractivity contribution in [2.24, 2.45) is 5.92 Å². The van der Waals surface area contributed by atoms with E-state index in [1.54, 1.807) is 7.11 Å². The predicted molar refractivity (Wildman–Crippen MR) is 104 cm³/mol. The topological polar surface area (TPSA) is 86.6 Å². The number of nitrogens with zero attached hydrogens (tertiary/aromatic N) is 1. The fourth-order valence-corrected chi connectivity index (χ4v) is 4.04. The van der Waals surface area contributed by atoms with Crippen molar-refractivity contribution in [1.29, 1.82) is 0 Å². The standard InChI is InChI=1S/C21H26N2O5/c1-27-18-10-6-9-15-16(17(13-24)22-20(25)21(26)28-2)12-23(19(15)18)11-14-7-4-3-5-8-14/h6,9-10,12-14,17H,3-5,7-8,11H2,1-2H3,(H,22,25). The summed E-state index contributed by atoms with van der Waals surface area (Å²) in [5, 5.41) is 3.26. The number of esters is 1. The number of nitrogens with one attached hydrogen (secondary N) is 1. The molecule has 0 radical (unpaired) electrons. The van der Waals surface area contributed by atoms with E-state index in [1.807, 2.05) is 24.4 Å². The van der Waals surface area contributed by atoms with Crippen molar-refractivity contribution in [3.05, 3.63) is 30.0 Å². The largest absolute Gasteiger partial charge is 0.495 e. The first-order valence-electron chi connectivity index (χ1n) is 9.58. The summed E-state index contributed by atoms with van der Waals surface area (Å²) < 4.78 is 12.1. The monoisotopic (exact) mass is 386 g/mol. The van der Waals surface area contributed by atoms with Crippen LogP contribution in [0.3, 0.4) is 0 Å². The van der Waals surface area contributed by atoms with Gasteiger partial charge in [-0.1, -0.05) is 31.4 Å². The number of amides is 1. The van der Waals surface area contributed by atoms with Gasteiger partial charge in [0.15, 0.2) is 0 Å². The first kappa shape index (κ1) is 19.9. The Labute approximate surface area is 164 Å². The van der Waals surface area contributed by atoms with Gasteiger partial charge < -0.3 is 24.2 Å². The lowest BCUT2D eigenvalue weighted by atomic mass is 9.89. The second kappa shape index (κ2) is 8.91. The van der Waals surface area contributed by atoms with E-state index in [0.717, 1.165) is 24.6 Å². The van der Waals surface area contributed by atoms with Gasteiger partial charge in [0.1, 0.15) is 18.1 Å². The number of aldehydes is 1. The molecule has 7 nitrogen and oxygen atoms in total. The Morgan fingerprint density at radius 2 is 2.00 bits per heavy atom. The summed E-state index contributed by atoms with van der Waals surface area (Å²) in [5.74, 6) is -0.698. The number of carbonyl (C=O) groups is 3. The Hall–Kier alpha value is -2.83. The van der Waals surface area contributed by atoms with Crippen LogP contribution >= 0.6 is 0 Å². The quantitative estimate of drug-likeness (QED) is 0.469. The molecule has 0 spiro atoms. The Balaban J connectivity index is 2.00. The molecular formula is C21H26N2O5. The Bertz CT molecular complexity index is 867. The van der Waals surface area contributed by atoms with Crippen molar-refractivity contribution < 1.29 is 23.9 Å². The molecule has 1 aliphatic carbocycles. The molecule has 0 bridgehead atoms. The summed E-state index contributed by atoms with van der Waals surface area (Å²) >= 11 is 0. The maximum absolute atomic E-state index is 11.9. The zero-order chi connectivity index (χ0) is 20.1. The molecule has 3 rings (SSSR count). The van der Waals surface area contributed by atoms with Crippen molar-refractivity contribution in [3.63, 3.8) is 0 Å². The Kier molecular flexibility index (Phi) is 6.34. The molecule has 28 heavy (non-hydrogen) atoms. The van der Waals surface area contributed by atoms with Gasteiger partial charge in [0, 0.05) is 23.7 Å². The van der Waals surface area contributed by atoms with Gasteiger partial charge >= 0.3 is 11.9 Å². The van der Waals surface area contributed by atoms with Gasteiger partial charge in [-0.2, -0.15) is 0 Å². The van der Waals surface area contributed by atoms with Gasteiger partial charge in [-0.25, -0.2) is 4.79 Å². The lowest BCUT2D eigenvalue weighted by molar-refractivity contribution is -0.153. The van der Waals surface area contributed by atoms with Crippen LogP contribution in [0.4, 0.5) is 0 Å². The molecule has 1 amide bonds. The minimum Gasteiger partial charge on any atom is -0.495 e. The number of aromatic nitrogens is 1. The van der Waals surface area contributed by atoms with Crippen LogP contribution in [0.25, 0.3) is 10.9 Å². The molecule has 0 saturated heterocycles. The van der Waals surface area contributed by atoms with Crippen LogP contribution in [-0.2, 0) is 25.7 Å². The predicted octanol–water partition coefficient (Wildman–Crippen LogP) is 2.76. The lowest BCUT2D eigenvalue weighted by Gasteiger charge is -2.22. The minimum atomic E-state index is -1.03. The highest BCUT2D eigenvalue weighted by atomic mass is 16.5. The number of hydrogen-bond acceptors (Lipinski definition) is 5. The van der Waals surface area contributed by atoms with E-state index in [9.17, 15) is 14.4 Å². The number of carbonyl (C=O) groups excluding carboxylic acids is 3. The minimum absolute atomic E-state index is 0.571. The normalized spacial score (nSPS) is 15.8. The molecule has 1 N–H and O–H groups in total. The number of methoxy groups -OCH3 is 2. The molecule has 1 aliphatic rings. The number of ether oxygens (including phenoxy) is 2. The molecule has 0 aliphatic heterocycles. The second-order valence-corrected chi connectivity index (χ2v) is 7.18. The van der Waals surface area contributed by atoms with Crippen LogP contribution in [0.15, 0.2) is 24.4 Å². The molecule has 1 aromatic carbocycles. The first-order chi connectivity index (χ1) is 13.6. The van der Waals surface area contributed by atoms with Crippen molar-refractivity contribution in [2.45, 2.75) is 44.7 Å². The molecule has 1 fully saturated rings. The lowest BCUT2D eigenvalue weighted by Crippen LogP contribution is -2.35. The van der Waals surface area contributed by atoms with E-state index >= 15 is 0 Å². The number of hydrogen-bond donors (Lipinski definition) is 1. The van der Waals surface area contributed by atoms with Crippen LogP contribution in [-0.4, -0.2) is 36.9 Å². The van der Waals surface area contributed by atoms with Crippen LogP contribution < -0.4 is 10.1 Å². The maximum atomic E-state index is 11.9. The van der Waals surface area contributed by atoms with Gasteiger partial charge in [0.25, 0.3) is 0 Å². The molecule has 7 heteroatoms. The summed E-state index contributed by atoms with van der Waals surface area (Å²) in [4.78, 5) is 35.1. The summed E-state index contributed by atoms with van der Waals surface area (Å²) in [6, 6.07) is 4.67. The van der Waals surface area contributed by atoms with Gasteiger partial charge in [-0.05, 0) is 24.8 Å². The average molecular weight is 386 g/mol. The molecule has 150 valence electrons. The molecule has 1 saturated carbocycles. The van der Waals surface area contributed by atoms with Gasteiger partial charge in [0.2, 0.25) is 0 Å². The van der Waals surface area contributed by atoms with E-state index in [-0.39, 0.29) is 0 Å². The van der Waals surface area contributed by atoms with E-state index in [2.05, 4.69) is 14.6 Å². The van der Waals surface area contributed by atoms with Crippen molar-refractivity contribution in [2.75, 3.05) is 14.2 Å². The van der Waals surface area contributed by atoms with Crippen molar-refractivity contribution in [3.8, 4) is 5.75 Å². The SMILES string of the molecule is COC(=O)C(=O)NC(C=O)c1cn(CC2CCCCC2)c2c(OC)cccc12. The van der Waals surface area contributed by atoms with Gasteiger partial charge in [-0.15, -0.1) is 0 Å². The van der Waals surface area contributed by atoms with E-state index in [0.29, 0.717) is 23.5 Å². The number of benzene rings is 1. The Morgan fingerprint density at radius 3 is 2.64 bits per heavy atom. The van der Waals surface area contributed by atoms with Crippen molar-refractivity contribution in [1.82, 2.24) is 9.88 Å². The fraction of sp³-hybridized carbons (Fsp3) is 0.476. The van der Waals surface area contributed by atoms with Crippen LogP contribution in [0, 0.1) is 5.92 Å². The zero-order valence-corrected chi connectivity index (χ0v) is 16.3. The summed E-state index contributed by atoms with van der Waals surface area (Å²) in [6.07, 6.45) is 8.63. The van der Waals surface area contributed by atoms with Gasteiger partial charge in [-0.3, -0.25) is 4.79 Å². The molecule has 1 heterocycles. The average Bonchev–Trinajstić information content (AvgIpc) is 3.10. The number of rotatable bonds is 6. The van der Waals surface area contributed by atoms with E-state index < -0.39 is 17.9 Å². The Morgan fingerprint density at radius 1 is 1.25 bits per heavy atom. The van der Waals surface area contributed by atoms with Crippen LogP contribution in [0.5, 0.6) is 5.75 Å². The molecule has 1 atom stereocenters. The summed E-state index contributed by atoms with van der Waals surface area (Å²) in [5.41, 5.74) is 1.53. The highest BCUT2D eigenvalue weighted by Gasteiger charge is 2.25. The third kappa shape index (κ3) is 4.03. The third-order valence-corrected chi connectivity index (χ3v) is 5.42. The summed E-state index contributed by atoms with van der Waals surface area (Å²) in [6.45, 7) is 0.827. The van der Waals surface area contributed by atoms with Crippen LogP contribution in [0.1, 0.15) is 43.7 Å². The maximum Gasteiger partial charge on any atom is 0.396 e. The van der Waals surface area contributed by atoms with E-state index in [4.69, 9.17) is 4.74 Å². The number of fused-ring (bicyclic) bond motifs is 1. The molecule has 1 aromatic heterocycles. The van der Waals surface area contributed by atoms with Gasteiger partial charge in [0.05, 0.1) is 19.7 Å². The highest BCUT2D eigenvalue weighted by Crippen LogP contribution is 2.35. The van der Waals surface area contributed by atoms with E-state index in [1.165, 1.54) is 32.1 Å². The third-order valence-electron chi connectivity index (χ3n) is 5.42. The smallest absolute Gasteiger partial charge is 0.396 e. The molecule has 2 aromatic rings. The highest BCUT2D eigenvalue weighted by molar-refractivity contribution is 6.32. The molecule has 1 unspecified atom stereocenters. The number of para-hydroxylation sites is 1. The molecular weight excluding hydrogens is 360 g/mol. The second-order valence-electron chi connectivity index (χ2n) is 7.18. The summed E-state index contributed by atoms with van der Waals surface area (Å²) in [7, 11) is 2.74. The van der Waals surface area contributed by atoms with Crippen molar-refractivity contribution >= 4 is 29.1 Å². The van der Waals surface area contributed by atoms with Crippen LogP contribution in [0.2, 0.25) is 0 Å². The first-order valence-corrected chi connectivity index (χ1v) is 9.58. The fourth-order valence-electron chi connectivity index (χ4n) is 4.04. The zero-order valence-electron chi connectivity index (χ0n) is 16.3.